The van der Waals surface area contributed by atoms with Gasteiger partial charge in [-0.1, -0.05) is 40.9 Å². The Bertz CT molecular complexity index is 1030. The summed E-state index contributed by atoms with van der Waals surface area (Å²) in [4.78, 5) is 11.7. The third kappa shape index (κ3) is 2.71. The number of carbonyl (C=O) groups is 1. The van der Waals surface area contributed by atoms with E-state index in [4.69, 9.17) is 34.8 Å². The number of rotatable bonds is 2. The van der Waals surface area contributed by atoms with Crippen molar-refractivity contribution in [3.8, 4) is 16.9 Å². The minimum Gasteiger partial charge on any atom is -0.476 e. The molecule has 1 N–H and O–H groups in total. The molecule has 0 saturated heterocycles. The van der Waals surface area contributed by atoms with Gasteiger partial charge in [0.1, 0.15) is 0 Å². The van der Waals surface area contributed by atoms with Crippen LogP contribution in [0.2, 0.25) is 15.1 Å². The van der Waals surface area contributed by atoms with Crippen LogP contribution in [0.5, 0.6) is 0 Å². The van der Waals surface area contributed by atoms with Crippen molar-refractivity contribution in [2.45, 2.75) is 12.8 Å². The quantitative estimate of drug-likeness (QED) is 0.643. The van der Waals surface area contributed by atoms with Gasteiger partial charge in [-0.05, 0) is 48.7 Å². The van der Waals surface area contributed by atoms with Gasteiger partial charge in [-0.25, -0.2) is 9.48 Å². The highest BCUT2D eigenvalue weighted by Gasteiger charge is 2.29. The highest BCUT2D eigenvalue weighted by molar-refractivity contribution is 6.35. The van der Waals surface area contributed by atoms with E-state index in [0.29, 0.717) is 39.2 Å². The zero-order valence-corrected chi connectivity index (χ0v) is 15.0. The Labute approximate surface area is 158 Å². The molecule has 1 heterocycles. The second-order valence-corrected chi connectivity index (χ2v) is 7.07. The third-order valence-corrected chi connectivity index (χ3v) is 5.06. The van der Waals surface area contributed by atoms with Crippen LogP contribution in [0.15, 0.2) is 36.4 Å². The summed E-state index contributed by atoms with van der Waals surface area (Å²) in [5.74, 6) is -1.06. The molecule has 0 bridgehead atoms. The van der Waals surface area contributed by atoms with Gasteiger partial charge in [-0.3, -0.25) is 0 Å². The van der Waals surface area contributed by atoms with Crippen molar-refractivity contribution in [2.75, 3.05) is 0 Å². The molecule has 0 spiro atoms. The average molecular weight is 394 g/mol. The first-order valence-electron chi connectivity index (χ1n) is 7.55. The molecule has 0 unspecified atom stereocenters. The summed E-state index contributed by atoms with van der Waals surface area (Å²) < 4.78 is 1.59. The Kier molecular flexibility index (Phi) is 3.99. The fourth-order valence-electron chi connectivity index (χ4n) is 3.22. The molecule has 0 aliphatic heterocycles. The van der Waals surface area contributed by atoms with Crippen LogP contribution in [0.3, 0.4) is 0 Å². The number of benzene rings is 2. The molecule has 25 heavy (non-hydrogen) atoms. The largest absolute Gasteiger partial charge is 0.476 e. The minimum atomic E-state index is -1.06. The second kappa shape index (κ2) is 6.06. The average Bonchev–Trinajstić information content (AvgIpc) is 2.94. The smallest absolute Gasteiger partial charge is 0.356 e. The predicted octanol–water partition coefficient (Wildman–Crippen LogP) is 5.30. The number of fused-ring (bicyclic) bond motifs is 3. The molecule has 3 aromatic rings. The fourth-order valence-corrected chi connectivity index (χ4v) is 3.91. The molecule has 4 nitrogen and oxygen atoms in total. The van der Waals surface area contributed by atoms with Crippen LogP contribution in [-0.2, 0) is 12.8 Å². The van der Waals surface area contributed by atoms with Crippen LogP contribution in [-0.4, -0.2) is 20.9 Å². The number of nitrogens with zero attached hydrogens (tertiary/aromatic N) is 2. The topological polar surface area (TPSA) is 55.1 Å². The van der Waals surface area contributed by atoms with E-state index in [0.717, 1.165) is 16.8 Å². The lowest BCUT2D eigenvalue weighted by Crippen LogP contribution is -2.08. The van der Waals surface area contributed by atoms with Gasteiger partial charge in [0.05, 0.1) is 16.4 Å². The summed E-state index contributed by atoms with van der Waals surface area (Å²) >= 11 is 18.4. The number of carboxylic acid groups (broad SMARTS) is 1. The molecule has 0 atom stereocenters. The molecule has 4 rings (SSSR count). The standard InChI is InChI=1S/C18H11Cl3N2O2/c19-10-2-5-12-9(7-10)1-4-13-16(18(24)25)22-23(17(12)13)15-6-3-11(20)8-14(15)21/h2-3,5-8H,1,4H2,(H,24,25). The van der Waals surface area contributed by atoms with Gasteiger partial charge in [-0.15, -0.1) is 0 Å². The third-order valence-electron chi connectivity index (χ3n) is 4.29. The van der Waals surface area contributed by atoms with E-state index < -0.39 is 5.97 Å². The highest BCUT2D eigenvalue weighted by atomic mass is 35.5. The summed E-state index contributed by atoms with van der Waals surface area (Å²) in [6.45, 7) is 0. The summed E-state index contributed by atoms with van der Waals surface area (Å²) in [5, 5.41) is 15.4. The van der Waals surface area contributed by atoms with E-state index in [1.807, 2.05) is 12.1 Å². The monoisotopic (exact) mass is 392 g/mol. The van der Waals surface area contributed by atoms with Gasteiger partial charge < -0.3 is 5.11 Å². The first-order valence-corrected chi connectivity index (χ1v) is 8.68. The predicted molar refractivity (Wildman–Crippen MR) is 98.4 cm³/mol. The van der Waals surface area contributed by atoms with Crippen LogP contribution in [0.1, 0.15) is 21.6 Å². The first kappa shape index (κ1) is 16.5. The van der Waals surface area contributed by atoms with E-state index in [9.17, 15) is 9.90 Å². The summed E-state index contributed by atoms with van der Waals surface area (Å²) in [6, 6.07) is 10.6. The van der Waals surface area contributed by atoms with Gasteiger partial charge >= 0.3 is 5.97 Å². The Hall–Kier alpha value is -2.01. The Balaban J connectivity index is 2.04. The first-order chi connectivity index (χ1) is 12.0. The van der Waals surface area contributed by atoms with Crippen molar-refractivity contribution < 1.29 is 9.90 Å². The van der Waals surface area contributed by atoms with Gasteiger partial charge in [0, 0.05) is 21.2 Å². The maximum Gasteiger partial charge on any atom is 0.356 e. The van der Waals surface area contributed by atoms with Crippen molar-refractivity contribution in [3.05, 3.63) is 68.3 Å². The van der Waals surface area contributed by atoms with E-state index in [-0.39, 0.29) is 5.69 Å². The van der Waals surface area contributed by atoms with Crippen LogP contribution in [0, 0.1) is 0 Å². The van der Waals surface area contributed by atoms with Crippen molar-refractivity contribution >= 4 is 40.8 Å². The summed E-state index contributed by atoms with van der Waals surface area (Å²) in [7, 11) is 0. The van der Waals surface area contributed by atoms with Gasteiger partial charge in [-0.2, -0.15) is 5.10 Å². The molecule has 0 radical (unpaired) electrons. The van der Waals surface area contributed by atoms with Gasteiger partial charge in [0.15, 0.2) is 5.69 Å². The van der Waals surface area contributed by atoms with Crippen molar-refractivity contribution in [3.63, 3.8) is 0 Å². The lowest BCUT2D eigenvalue weighted by atomic mass is 9.89. The van der Waals surface area contributed by atoms with E-state index in [2.05, 4.69) is 5.10 Å². The molecule has 0 saturated carbocycles. The number of aromatic nitrogens is 2. The van der Waals surface area contributed by atoms with E-state index in [1.54, 1.807) is 28.9 Å². The van der Waals surface area contributed by atoms with E-state index in [1.165, 1.54) is 0 Å². The highest BCUT2D eigenvalue weighted by Crippen LogP contribution is 2.39. The maximum absolute atomic E-state index is 11.7. The SMILES string of the molecule is O=C(O)c1nn(-c2ccc(Cl)cc2Cl)c2c1CCc1cc(Cl)ccc1-2. The molecule has 0 fully saturated rings. The molecule has 2 aromatic carbocycles. The number of halogens is 3. The van der Waals surface area contributed by atoms with Crippen molar-refractivity contribution in [2.24, 2.45) is 0 Å². The Morgan fingerprint density at radius 2 is 1.76 bits per heavy atom. The minimum absolute atomic E-state index is 0.0432. The molecular formula is C18H11Cl3N2O2. The van der Waals surface area contributed by atoms with Crippen molar-refractivity contribution in [1.29, 1.82) is 0 Å². The molecule has 7 heteroatoms. The normalized spacial score (nSPS) is 12.6. The lowest BCUT2D eigenvalue weighted by molar-refractivity contribution is 0.0689. The fraction of sp³-hybridized carbons (Fsp3) is 0.111. The number of aryl methyl sites for hydroxylation is 1. The van der Waals surface area contributed by atoms with Crippen LogP contribution in [0.4, 0.5) is 0 Å². The van der Waals surface area contributed by atoms with Crippen molar-refractivity contribution in [1.82, 2.24) is 9.78 Å². The molecule has 1 aliphatic carbocycles. The molecule has 0 amide bonds. The maximum atomic E-state index is 11.7. The summed E-state index contributed by atoms with van der Waals surface area (Å²) in [5.41, 5.74) is 4.03. The lowest BCUT2D eigenvalue weighted by Gasteiger charge is -2.19. The zero-order chi connectivity index (χ0) is 17.7. The van der Waals surface area contributed by atoms with Crippen LogP contribution >= 0.6 is 34.8 Å². The molecule has 126 valence electrons. The van der Waals surface area contributed by atoms with Crippen LogP contribution < -0.4 is 0 Å². The number of hydrogen-bond donors (Lipinski definition) is 1. The number of hydrogen-bond acceptors (Lipinski definition) is 2. The second-order valence-electron chi connectivity index (χ2n) is 5.79. The summed E-state index contributed by atoms with van der Waals surface area (Å²) in [6.07, 6.45) is 1.29. The molecule has 1 aliphatic rings. The van der Waals surface area contributed by atoms with Gasteiger partial charge in [0.2, 0.25) is 0 Å². The Morgan fingerprint density at radius 1 is 1.04 bits per heavy atom. The molecule has 1 aromatic heterocycles. The zero-order valence-electron chi connectivity index (χ0n) is 12.8. The Morgan fingerprint density at radius 3 is 2.48 bits per heavy atom. The van der Waals surface area contributed by atoms with E-state index >= 15 is 0 Å². The van der Waals surface area contributed by atoms with Crippen LogP contribution in [0.25, 0.3) is 16.9 Å². The molecular weight excluding hydrogens is 383 g/mol. The number of carboxylic acids is 1. The van der Waals surface area contributed by atoms with Gasteiger partial charge in [0.25, 0.3) is 0 Å². The number of aromatic carboxylic acids is 1.